The van der Waals surface area contributed by atoms with Crippen molar-refractivity contribution in [3.8, 4) is 0 Å². The van der Waals surface area contributed by atoms with Crippen LogP contribution in [0.2, 0.25) is 0 Å². The number of pyridine rings is 1. The van der Waals surface area contributed by atoms with Crippen LogP contribution in [0.15, 0.2) is 29.4 Å². The van der Waals surface area contributed by atoms with E-state index in [2.05, 4.69) is 5.32 Å². The van der Waals surface area contributed by atoms with Crippen LogP contribution in [0.1, 0.15) is 12.8 Å². The van der Waals surface area contributed by atoms with E-state index in [1.54, 1.807) is 18.2 Å². The van der Waals surface area contributed by atoms with Gasteiger partial charge < -0.3 is 5.21 Å². The fraction of sp³-hybridized carbons (Fsp3) is 0.300. The van der Waals surface area contributed by atoms with Crippen LogP contribution in [-0.2, 0) is 9.59 Å². The van der Waals surface area contributed by atoms with Crippen LogP contribution in [0.4, 0.5) is 0 Å². The van der Waals surface area contributed by atoms with Crippen molar-refractivity contribution in [2.75, 3.05) is 0 Å². The number of carbonyl (C=O) groups excluding carboxylic acids is 2. The highest BCUT2D eigenvalue weighted by Crippen LogP contribution is 2.25. The van der Waals surface area contributed by atoms with E-state index in [1.807, 2.05) is 0 Å². The number of carbonyl (C=O) groups is 2. The lowest BCUT2D eigenvalue weighted by molar-refractivity contribution is -0.645. The second-order valence-corrected chi connectivity index (χ2v) is 4.65. The molecular formula is C10H10N2O3S. The fourth-order valence-electron chi connectivity index (χ4n) is 1.44. The van der Waals surface area contributed by atoms with Gasteiger partial charge in [0, 0.05) is 18.6 Å². The number of piperidine rings is 1. The van der Waals surface area contributed by atoms with Gasteiger partial charge in [-0.15, -0.1) is 0 Å². The quantitative estimate of drug-likeness (QED) is 0.454. The number of amides is 2. The minimum atomic E-state index is -0.361. The number of hydrogen-bond donors (Lipinski definition) is 1. The van der Waals surface area contributed by atoms with Gasteiger partial charge in [-0.05, 0) is 24.2 Å². The Morgan fingerprint density at radius 1 is 1.44 bits per heavy atom. The molecule has 84 valence electrons. The molecule has 0 spiro atoms. The Labute approximate surface area is 96.4 Å². The van der Waals surface area contributed by atoms with Gasteiger partial charge >= 0.3 is 0 Å². The highest BCUT2D eigenvalue weighted by molar-refractivity contribution is 8.00. The lowest BCUT2D eigenvalue weighted by Crippen LogP contribution is -2.43. The number of nitrogens with zero attached hydrogens (tertiary/aromatic N) is 1. The summed E-state index contributed by atoms with van der Waals surface area (Å²) in [6, 6.07) is 5.02. The van der Waals surface area contributed by atoms with Gasteiger partial charge in [0.2, 0.25) is 11.8 Å². The maximum atomic E-state index is 11.5. The number of hydrogen-bond acceptors (Lipinski definition) is 4. The molecule has 1 aliphatic rings. The smallest absolute Gasteiger partial charge is 0.252 e. The van der Waals surface area contributed by atoms with E-state index in [-0.39, 0.29) is 17.1 Å². The zero-order valence-electron chi connectivity index (χ0n) is 8.38. The molecular weight excluding hydrogens is 228 g/mol. The summed E-state index contributed by atoms with van der Waals surface area (Å²) in [4.78, 5) is 22.4. The monoisotopic (exact) mass is 238 g/mol. The van der Waals surface area contributed by atoms with E-state index in [0.29, 0.717) is 22.6 Å². The maximum absolute atomic E-state index is 11.5. The van der Waals surface area contributed by atoms with Crippen LogP contribution in [0, 0.1) is 5.21 Å². The molecule has 0 saturated carbocycles. The Kier molecular flexibility index (Phi) is 3.09. The Hall–Kier alpha value is -1.56. The van der Waals surface area contributed by atoms with E-state index in [1.165, 1.54) is 18.0 Å². The lowest BCUT2D eigenvalue weighted by atomic mass is 10.1. The van der Waals surface area contributed by atoms with Crippen molar-refractivity contribution in [3.05, 3.63) is 29.6 Å². The van der Waals surface area contributed by atoms with Crippen LogP contribution in [0.3, 0.4) is 0 Å². The summed E-state index contributed by atoms with van der Waals surface area (Å²) in [5.74, 6) is -0.560. The third-order valence-corrected chi connectivity index (χ3v) is 3.53. The van der Waals surface area contributed by atoms with E-state index in [9.17, 15) is 14.8 Å². The Morgan fingerprint density at radius 2 is 2.25 bits per heavy atom. The number of thioether (sulfide) groups is 1. The van der Waals surface area contributed by atoms with Crippen molar-refractivity contribution >= 4 is 23.6 Å². The maximum Gasteiger partial charge on any atom is 0.252 e. The molecule has 1 saturated heterocycles. The van der Waals surface area contributed by atoms with Gasteiger partial charge in [0.25, 0.3) is 5.03 Å². The first-order chi connectivity index (χ1) is 7.66. The van der Waals surface area contributed by atoms with Crippen molar-refractivity contribution in [2.24, 2.45) is 0 Å². The van der Waals surface area contributed by atoms with E-state index in [4.69, 9.17) is 0 Å². The van der Waals surface area contributed by atoms with Crippen molar-refractivity contribution < 1.29 is 14.3 Å². The number of rotatable bonds is 2. The van der Waals surface area contributed by atoms with Crippen LogP contribution in [0.25, 0.3) is 0 Å². The highest BCUT2D eigenvalue weighted by Gasteiger charge is 2.29. The first-order valence-electron chi connectivity index (χ1n) is 4.85. The van der Waals surface area contributed by atoms with Crippen molar-refractivity contribution in [3.63, 3.8) is 0 Å². The van der Waals surface area contributed by atoms with E-state index in [0.717, 1.165) is 0 Å². The molecule has 0 aromatic carbocycles. The molecule has 6 heteroatoms. The largest absolute Gasteiger partial charge is 0.618 e. The third kappa shape index (κ3) is 2.33. The molecule has 1 aliphatic heterocycles. The predicted octanol–water partition coefficient (Wildman–Crippen LogP) is 0.217. The van der Waals surface area contributed by atoms with Crippen LogP contribution in [0.5, 0.6) is 0 Å². The molecule has 0 bridgehead atoms. The SMILES string of the molecule is O=C1CCC(Sc2cccc[n+]2[O-])C(=O)N1. The molecule has 1 unspecified atom stereocenters. The molecule has 1 aromatic heterocycles. The summed E-state index contributed by atoms with van der Waals surface area (Å²) in [5, 5.41) is 13.7. The fourth-order valence-corrected chi connectivity index (χ4v) is 2.45. The number of nitrogens with one attached hydrogen (secondary N) is 1. The lowest BCUT2D eigenvalue weighted by Gasteiger charge is -2.19. The topological polar surface area (TPSA) is 73.1 Å². The standard InChI is InChI=1S/C10H10N2O3S/c13-8-5-4-7(10(14)11-8)16-9-3-1-2-6-12(9)15/h1-3,6-7H,4-5H2,(H,11,13,14). The Balaban J connectivity index is 2.08. The van der Waals surface area contributed by atoms with Crippen LogP contribution >= 0.6 is 11.8 Å². The first kappa shape index (κ1) is 10.9. The summed E-state index contributed by atoms with van der Waals surface area (Å²) >= 11 is 1.19. The van der Waals surface area contributed by atoms with E-state index >= 15 is 0 Å². The molecule has 0 radical (unpaired) electrons. The zero-order chi connectivity index (χ0) is 11.5. The molecule has 1 aromatic rings. The minimum absolute atomic E-state index is 0.245. The average molecular weight is 238 g/mol. The first-order valence-corrected chi connectivity index (χ1v) is 5.73. The van der Waals surface area contributed by atoms with Gasteiger partial charge in [-0.1, -0.05) is 0 Å². The average Bonchev–Trinajstić information content (AvgIpc) is 2.25. The summed E-state index contributed by atoms with van der Waals surface area (Å²) < 4.78 is 0.717. The van der Waals surface area contributed by atoms with Crippen molar-refractivity contribution in [1.29, 1.82) is 0 Å². The van der Waals surface area contributed by atoms with Gasteiger partial charge in [0.1, 0.15) is 0 Å². The molecule has 16 heavy (non-hydrogen) atoms. The van der Waals surface area contributed by atoms with Gasteiger partial charge in [0.15, 0.2) is 6.20 Å². The van der Waals surface area contributed by atoms with Crippen molar-refractivity contribution in [1.82, 2.24) is 5.32 Å². The molecule has 2 heterocycles. The predicted molar refractivity (Wildman–Crippen MR) is 57.4 cm³/mol. The summed E-state index contributed by atoms with van der Waals surface area (Å²) in [7, 11) is 0. The summed E-state index contributed by atoms with van der Waals surface area (Å²) in [6.45, 7) is 0. The molecule has 1 atom stereocenters. The highest BCUT2D eigenvalue weighted by atomic mass is 32.2. The second kappa shape index (κ2) is 4.52. The molecule has 2 amide bonds. The summed E-state index contributed by atoms with van der Waals surface area (Å²) in [6.07, 6.45) is 2.19. The normalized spacial score (nSPS) is 20.6. The summed E-state index contributed by atoms with van der Waals surface area (Å²) in [5.41, 5.74) is 0. The molecule has 1 fully saturated rings. The van der Waals surface area contributed by atoms with Crippen LogP contribution < -0.4 is 10.0 Å². The minimum Gasteiger partial charge on any atom is -0.618 e. The second-order valence-electron chi connectivity index (χ2n) is 3.42. The molecule has 2 rings (SSSR count). The van der Waals surface area contributed by atoms with Gasteiger partial charge in [-0.25, -0.2) is 0 Å². The van der Waals surface area contributed by atoms with E-state index < -0.39 is 0 Å². The Bertz CT molecular complexity index is 436. The number of imide groups is 1. The van der Waals surface area contributed by atoms with Crippen LogP contribution in [-0.4, -0.2) is 17.1 Å². The Morgan fingerprint density at radius 3 is 2.94 bits per heavy atom. The van der Waals surface area contributed by atoms with Gasteiger partial charge in [-0.3, -0.25) is 14.9 Å². The van der Waals surface area contributed by atoms with Gasteiger partial charge in [0.05, 0.1) is 5.25 Å². The zero-order valence-corrected chi connectivity index (χ0v) is 9.20. The molecule has 0 aliphatic carbocycles. The third-order valence-electron chi connectivity index (χ3n) is 2.24. The molecule has 5 nitrogen and oxygen atoms in total. The van der Waals surface area contributed by atoms with Crippen molar-refractivity contribution in [2.45, 2.75) is 23.1 Å². The molecule has 1 N–H and O–H groups in total. The number of aromatic nitrogens is 1. The van der Waals surface area contributed by atoms with Gasteiger partial charge in [-0.2, -0.15) is 4.73 Å².